The summed E-state index contributed by atoms with van der Waals surface area (Å²) in [5, 5.41) is 20.4. The van der Waals surface area contributed by atoms with E-state index in [0.29, 0.717) is 39.9 Å². The van der Waals surface area contributed by atoms with Gasteiger partial charge in [0, 0.05) is 24.2 Å². The molecule has 2 aromatic carbocycles. The van der Waals surface area contributed by atoms with Crippen molar-refractivity contribution in [2.75, 3.05) is 11.4 Å². The number of fused-ring (bicyclic) bond motifs is 2. The topological polar surface area (TPSA) is 76.7 Å². The zero-order valence-corrected chi connectivity index (χ0v) is 14.2. The molecule has 4 rings (SSSR count). The molecule has 2 heterocycles. The van der Waals surface area contributed by atoms with Crippen LogP contribution in [0.4, 0.5) is 11.4 Å². The van der Waals surface area contributed by atoms with E-state index in [1.54, 1.807) is 35.2 Å². The molecule has 2 aliphatic rings. The largest absolute Gasteiger partial charge is 0.374 e. The van der Waals surface area contributed by atoms with Crippen LogP contribution in [-0.2, 0) is 0 Å². The minimum Gasteiger partial charge on any atom is -0.374 e. The zero-order chi connectivity index (χ0) is 17.8. The Kier molecular flexibility index (Phi) is 3.43. The molecule has 2 aromatic rings. The number of aryl methyl sites for hydroxylation is 1. The molecule has 0 aromatic heterocycles. The van der Waals surface area contributed by atoms with E-state index in [2.05, 4.69) is 4.99 Å². The van der Waals surface area contributed by atoms with Gasteiger partial charge in [0.05, 0.1) is 16.3 Å². The van der Waals surface area contributed by atoms with Gasteiger partial charge >= 0.3 is 0 Å². The van der Waals surface area contributed by atoms with Gasteiger partial charge in [-0.15, -0.1) is 0 Å². The summed E-state index contributed by atoms with van der Waals surface area (Å²) in [4.78, 5) is 19.2. The van der Waals surface area contributed by atoms with Crippen molar-refractivity contribution in [3.63, 3.8) is 0 Å². The SMILES string of the molecule is Cc1ccc2c(c1)C(=O)C1(O)CCN(c3ccc(C#N)c(Cl)c3)C1=N2. The summed E-state index contributed by atoms with van der Waals surface area (Å²) in [6.45, 7) is 2.34. The lowest BCUT2D eigenvalue weighted by molar-refractivity contribution is 0.0602. The van der Waals surface area contributed by atoms with E-state index in [1.807, 2.05) is 19.1 Å². The maximum Gasteiger partial charge on any atom is 0.204 e. The number of carbonyl (C=O) groups excluding carboxylic acids is 1. The fourth-order valence-electron chi connectivity index (χ4n) is 3.36. The van der Waals surface area contributed by atoms with Gasteiger partial charge in [-0.2, -0.15) is 5.26 Å². The number of nitriles is 1. The number of carbonyl (C=O) groups is 1. The van der Waals surface area contributed by atoms with Gasteiger partial charge in [-0.25, -0.2) is 4.99 Å². The summed E-state index contributed by atoms with van der Waals surface area (Å²) in [6.07, 6.45) is 0.260. The number of amidine groups is 1. The van der Waals surface area contributed by atoms with Crippen LogP contribution in [0.3, 0.4) is 0 Å². The number of rotatable bonds is 1. The third-order valence-corrected chi connectivity index (χ3v) is 5.02. The second-order valence-electron chi connectivity index (χ2n) is 6.32. The number of hydrogen-bond donors (Lipinski definition) is 1. The van der Waals surface area contributed by atoms with Crippen molar-refractivity contribution in [3.8, 4) is 6.07 Å². The highest BCUT2D eigenvalue weighted by Crippen LogP contribution is 2.40. The Bertz CT molecular complexity index is 993. The number of benzene rings is 2. The summed E-state index contributed by atoms with van der Waals surface area (Å²) < 4.78 is 0. The van der Waals surface area contributed by atoms with E-state index in [1.165, 1.54) is 0 Å². The lowest BCUT2D eigenvalue weighted by Gasteiger charge is -2.30. The molecule has 6 heteroatoms. The Balaban J connectivity index is 1.84. The molecule has 1 N–H and O–H groups in total. The van der Waals surface area contributed by atoms with Gasteiger partial charge < -0.3 is 10.0 Å². The molecule has 1 saturated heterocycles. The van der Waals surface area contributed by atoms with Crippen LogP contribution >= 0.6 is 11.6 Å². The minimum atomic E-state index is -1.62. The molecule has 5 nitrogen and oxygen atoms in total. The zero-order valence-electron chi connectivity index (χ0n) is 13.5. The number of aliphatic imine (C=N–C) groups is 1. The number of anilines is 1. The number of Topliss-reactive ketones (excluding diaryl/α,β-unsaturated/α-hetero) is 1. The van der Waals surface area contributed by atoms with Gasteiger partial charge in [0.15, 0.2) is 5.60 Å². The third kappa shape index (κ3) is 2.26. The molecular weight excluding hydrogens is 338 g/mol. The number of hydrogen-bond acceptors (Lipinski definition) is 5. The van der Waals surface area contributed by atoms with Crippen molar-refractivity contribution < 1.29 is 9.90 Å². The third-order valence-electron chi connectivity index (χ3n) is 4.71. The first-order chi connectivity index (χ1) is 11.9. The molecule has 0 saturated carbocycles. The predicted octanol–water partition coefficient (Wildman–Crippen LogP) is 3.39. The number of ketones is 1. The van der Waals surface area contributed by atoms with Crippen LogP contribution in [-0.4, -0.2) is 28.9 Å². The first-order valence-corrected chi connectivity index (χ1v) is 8.26. The molecule has 0 aliphatic carbocycles. The summed E-state index contributed by atoms with van der Waals surface area (Å²) >= 11 is 6.13. The first-order valence-electron chi connectivity index (χ1n) is 7.88. The van der Waals surface area contributed by atoms with E-state index < -0.39 is 5.60 Å². The number of aliphatic hydroxyl groups is 1. The Morgan fingerprint density at radius 3 is 2.84 bits per heavy atom. The van der Waals surface area contributed by atoms with E-state index in [9.17, 15) is 9.90 Å². The highest BCUT2D eigenvalue weighted by molar-refractivity contribution is 6.32. The highest BCUT2D eigenvalue weighted by Gasteiger charge is 2.52. The van der Waals surface area contributed by atoms with E-state index >= 15 is 0 Å². The maximum atomic E-state index is 12.9. The smallest absolute Gasteiger partial charge is 0.204 e. The van der Waals surface area contributed by atoms with Crippen LogP contribution in [0.15, 0.2) is 41.4 Å². The number of halogens is 1. The molecule has 1 atom stereocenters. The van der Waals surface area contributed by atoms with E-state index in [0.717, 1.165) is 5.56 Å². The van der Waals surface area contributed by atoms with E-state index in [-0.39, 0.29) is 12.2 Å². The minimum absolute atomic E-state index is 0.260. The Labute approximate surface area is 149 Å². The first kappa shape index (κ1) is 15.8. The van der Waals surface area contributed by atoms with Crippen LogP contribution in [0, 0.1) is 18.3 Å². The lowest BCUT2D eigenvalue weighted by Crippen LogP contribution is -2.48. The quantitative estimate of drug-likeness (QED) is 0.854. The van der Waals surface area contributed by atoms with Gasteiger partial charge in [0.25, 0.3) is 0 Å². The molecule has 1 unspecified atom stereocenters. The summed E-state index contributed by atoms with van der Waals surface area (Å²) in [5.41, 5.74) is 1.40. The van der Waals surface area contributed by atoms with Crippen molar-refractivity contribution in [2.24, 2.45) is 4.99 Å². The van der Waals surface area contributed by atoms with Gasteiger partial charge in [0.1, 0.15) is 11.9 Å². The standard InChI is InChI=1S/C19H14ClN3O2/c1-11-2-5-16-14(8-11)17(24)19(25)6-7-23(18(19)22-16)13-4-3-12(10-21)15(20)9-13/h2-5,8-9,25H,6-7H2,1H3. The normalized spacial score (nSPS) is 21.4. The molecule has 25 heavy (non-hydrogen) atoms. The van der Waals surface area contributed by atoms with Crippen molar-refractivity contribution in [2.45, 2.75) is 18.9 Å². The van der Waals surface area contributed by atoms with Crippen molar-refractivity contribution >= 4 is 34.6 Å². The second kappa shape index (κ2) is 5.41. The molecular formula is C19H14ClN3O2. The lowest BCUT2D eigenvalue weighted by atomic mass is 9.87. The number of nitrogens with zero attached hydrogens (tertiary/aromatic N) is 3. The monoisotopic (exact) mass is 351 g/mol. The second-order valence-corrected chi connectivity index (χ2v) is 6.73. The maximum absolute atomic E-state index is 12.9. The Morgan fingerprint density at radius 1 is 1.32 bits per heavy atom. The molecule has 0 amide bonds. The average Bonchev–Trinajstić information content (AvgIpc) is 2.94. The van der Waals surface area contributed by atoms with Gasteiger partial charge in [-0.1, -0.05) is 23.2 Å². The van der Waals surface area contributed by atoms with Crippen LogP contribution in [0.5, 0.6) is 0 Å². The van der Waals surface area contributed by atoms with Crippen LogP contribution in [0.2, 0.25) is 5.02 Å². The Morgan fingerprint density at radius 2 is 2.12 bits per heavy atom. The van der Waals surface area contributed by atoms with Crippen LogP contribution < -0.4 is 4.90 Å². The summed E-state index contributed by atoms with van der Waals surface area (Å²) in [6, 6.07) is 12.5. The molecule has 0 radical (unpaired) electrons. The summed E-state index contributed by atoms with van der Waals surface area (Å²) in [5.74, 6) is -0.00642. The Hall–Kier alpha value is -2.68. The molecule has 2 aliphatic heterocycles. The van der Waals surface area contributed by atoms with Crippen molar-refractivity contribution in [1.29, 1.82) is 5.26 Å². The van der Waals surface area contributed by atoms with Crippen LogP contribution in [0.1, 0.15) is 27.9 Å². The van der Waals surface area contributed by atoms with Crippen molar-refractivity contribution in [3.05, 3.63) is 58.1 Å². The van der Waals surface area contributed by atoms with Crippen LogP contribution in [0.25, 0.3) is 0 Å². The fourth-order valence-corrected chi connectivity index (χ4v) is 3.58. The summed E-state index contributed by atoms with van der Waals surface area (Å²) in [7, 11) is 0. The van der Waals surface area contributed by atoms with Gasteiger partial charge in [-0.3, -0.25) is 4.79 Å². The predicted molar refractivity (Wildman–Crippen MR) is 95.7 cm³/mol. The van der Waals surface area contributed by atoms with Gasteiger partial charge in [0.2, 0.25) is 5.78 Å². The fraction of sp³-hybridized carbons (Fsp3) is 0.211. The average molecular weight is 352 g/mol. The molecule has 0 spiro atoms. The molecule has 1 fully saturated rings. The van der Waals surface area contributed by atoms with E-state index in [4.69, 9.17) is 16.9 Å². The highest BCUT2D eigenvalue weighted by atomic mass is 35.5. The van der Waals surface area contributed by atoms with Gasteiger partial charge in [-0.05, 0) is 37.3 Å². The molecule has 0 bridgehead atoms. The molecule has 124 valence electrons. The van der Waals surface area contributed by atoms with Crippen molar-refractivity contribution in [1.82, 2.24) is 0 Å².